The van der Waals surface area contributed by atoms with E-state index in [1.54, 1.807) is 24.3 Å². The average molecular weight is 374 g/mol. The van der Waals surface area contributed by atoms with Gasteiger partial charge in [0.1, 0.15) is 0 Å². The van der Waals surface area contributed by atoms with E-state index in [0.717, 1.165) is 19.5 Å². The molecule has 2 heterocycles. The van der Waals surface area contributed by atoms with Crippen LogP contribution in [0.4, 0.5) is 5.69 Å². The molecule has 2 aliphatic rings. The minimum atomic E-state index is -3.23. The molecule has 0 aliphatic carbocycles. The lowest BCUT2D eigenvalue weighted by Gasteiger charge is -2.30. The van der Waals surface area contributed by atoms with Gasteiger partial charge in [-0.1, -0.05) is 13.0 Å². The summed E-state index contributed by atoms with van der Waals surface area (Å²) in [4.78, 5) is 12.5. The van der Waals surface area contributed by atoms with Crippen molar-refractivity contribution in [3.8, 4) is 0 Å². The summed E-state index contributed by atoms with van der Waals surface area (Å²) in [5.41, 5.74) is 1.08. The number of carbonyl (C=O) groups is 1. The van der Waals surface area contributed by atoms with Gasteiger partial charge in [0.25, 0.3) is 5.91 Å². The number of anilines is 1. The molecular weight excluding hydrogens is 350 g/mol. The van der Waals surface area contributed by atoms with Crippen LogP contribution in [0.3, 0.4) is 0 Å². The molecule has 0 bridgehead atoms. The van der Waals surface area contributed by atoms with Crippen molar-refractivity contribution >= 4 is 34.0 Å². The minimum absolute atomic E-state index is 0. The fourth-order valence-electron chi connectivity index (χ4n) is 3.17. The number of sulfonamides is 1. The third-order valence-electron chi connectivity index (χ3n) is 4.64. The first-order chi connectivity index (χ1) is 11.0. The van der Waals surface area contributed by atoms with Crippen molar-refractivity contribution in [2.75, 3.05) is 29.7 Å². The first kappa shape index (κ1) is 19.0. The van der Waals surface area contributed by atoms with Crippen molar-refractivity contribution in [1.29, 1.82) is 0 Å². The highest BCUT2D eigenvalue weighted by molar-refractivity contribution is 7.93. The van der Waals surface area contributed by atoms with Crippen LogP contribution >= 0.6 is 12.4 Å². The van der Waals surface area contributed by atoms with E-state index in [-0.39, 0.29) is 30.1 Å². The monoisotopic (exact) mass is 373 g/mol. The largest absolute Gasteiger partial charge is 0.348 e. The third-order valence-corrected chi connectivity index (χ3v) is 6.51. The van der Waals surface area contributed by atoms with E-state index in [1.807, 2.05) is 0 Å². The maximum Gasteiger partial charge on any atom is 0.251 e. The molecule has 134 valence electrons. The summed E-state index contributed by atoms with van der Waals surface area (Å²) in [6.07, 6.45) is 1.67. The normalized spacial score (nSPS) is 25.8. The van der Waals surface area contributed by atoms with Crippen LogP contribution in [-0.4, -0.2) is 45.8 Å². The van der Waals surface area contributed by atoms with Gasteiger partial charge in [0, 0.05) is 24.7 Å². The highest BCUT2D eigenvalue weighted by atomic mass is 35.5. The van der Waals surface area contributed by atoms with Crippen molar-refractivity contribution in [2.45, 2.75) is 25.8 Å². The van der Waals surface area contributed by atoms with Gasteiger partial charge in [-0.15, -0.1) is 12.4 Å². The zero-order valence-electron chi connectivity index (χ0n) is 13.7. The molecule has 2 N–H and O–H groups in total. The summed E-state index contributed by atoms with van der Waals surface area (Å²) >= 11 is 0. The number of hydrogen-bond donors (Lipinski definition) is 2. The molecule has 24 heavy (non-hydrogen) atoms. The quantitative estimate of drug-likeness (QED) is 0.838. The van der Waals surface area contributed by atoms with Gasteiger partial charge in [-0.25, -0.2) is 8.42 Å². The Morgan fingerprint density at radius 2 is 2.17 bits per heavy atom. The fraction of sp³-hybridized carbons (Fsp3) is 0.562. The van der Waals surface area contributed by atoms with Crippen LogP contribution in [0.15, 0.2) is 24.3 Å². The molecule has 1 aromatic carbocycles. The zero-order chi connectivity index (χ0) is 16.4. The number of benzene rings is 1. The van der Waals surface area contributed by atoms with Gasteiger partial charge in [-0.05, 0) is 43.5 Å². The van der Waals surface area contributed by atoms with Crippen molar-refractivity contribution < 1.29 is 13.2 Å². The molecule has 0 aromatic heterocycles. The molecule has 0 radical (unpaired) electrons. The Balaban J connectivity index is 0.00000208. The number of amides is 1. The predicted molar refractivity (Wildman–Crippen MR) is 97.3 cm³/mol. The number of halogens is 1. The van der Waals surface area contributed by atoms with E-state index in [0.29, 0.717) is 30.1 Å². The Hall–Kier alpha value is -1.31. The first-order valence-corrected chi connectivity index (χ1v) is 9.70. The highest BCUT2D eigenvalue weighted by Gasteiger charge is 2.29. The molecule has 1 amide bonds. The van der Waals surface area contributed by atoms with E-state index < -0.39 is 10.0 Å². The maximum absolute atomic E-state index is 12.5. The lowest BCUT2D eigenvalue weighted by atomic mass is 9.94. The fourth-order valence-corrected chi connectivity index (χ4v) is 4.72. The Kier molecular flexibility index (Phi) is 6.11. The lowest BCUT2D eigenvalue weighted by molar-refractivity contribution is 0.0915. The molecule has 2 saturated heterocycles. The maximum atomic E-state index is 12.5. The zero-order valence-corrected chi connectivity index (χ0v) is 15.3. The molecule has 8 heteroatoms. The van der Waals surface area contributed by atoms with Gasteiger partial charge in [-0.3, -0.25) is 9.10 Å². The Labute approximate surface area is 149 Å². The van der Waals surface area contributed by atoms with Crippen LogP contribution in [0.5, 0.6) is 0 Å². The van der Waals surface area contributed by atoms with E-state index in [1.165, 1.54) is 4.31 Å². The van der Waals surface area contributed by atoms with Crippen LogP contribution < -0.4 is 14.9 Å². The van der Waals surface area contributed by atoms with Crippen LogP contribution in [-0.2, 0) is 10.0 Å². The minimum Gasteiger partial charge on any atom is -0.348 e. The molecular formula is C16H24ClN3O3S. The van der Waals surface area contributed by atoms with Gasteiger partial charge in [0.05, 0.1) is 11.4 Å². The number of carbonyl (C=O) groups excluding carboxylic acids is 1. The standard InChI is InChI=1S/C16H23N3O3S.ClH/c1-12-6-7-17-11-15(12)18-16(20)13-4-2-5-14(10-13)19-8-3-9-23(19,21)22;/h2,4-5,10,12,15,17H,3,6-9,11H2,1H3,(H,18,20);1H. The summed E-state index contributed by atoms with van der Waals surface area (Å²) in [7, 11) is -3.23. The summed E-state index contributed by atoms with van der Waals surface area (Å²) in [5.74, 6) is 0.459. The molecule has 2 fully saturated rings. The lowest BCUT2D eigenvalue weighted by Crippen LogP contribution is -2.50. The molecule has 0 saturated carbocycles. The Morgan fingerprint density at radius 1 is 1.38 bits per heavy atom. The number of nitrogens with zero attached hydrogens (tertiary/aromatic N) is 1. The second-order valence-corrected chi connectivity index (χ2v) is 8.35. The molecule has 0 spiro atoms. The van der Waals surface area contributed by atoms with Crippen molar-refractivity contribution in [1.82, 2.24) is 10.6 Å². The number of piperidine rings is 1. The molecule has 2 aliphatic heterocycles. The van der Waals surface area contributed by atoms with Gasteiger partial charge in [-0.2, -0.15) is 0 Å². The van der Waals surface area contributed by atoms with E-state index >= 15 is 0 Å². The summed E-state index contributed by atoms with van der Waals surface area (Å²) in [6.45, 7) is 4.37. The van der Waals surface area contributed by atoms with E-state index in [4.69, 9.17) is 0 Å². The van der Waals surface area contributed by atoms with Crippen LogP contribution in [0, 0.1) is 5.92 Å². The third kappa shape index (κ3) is 4.02. The SMILES string of the molecule is CC1CCNCC1NC(=O)c1cccc(N2CCCS2(=O)=O)c1.Cl. The molecule has 2 atom stereocenters. The number of hydrogen-bond acceptors (Lipinski definition) is 4. The molecule has 6 nitrogen and oxygen atoms in total. The van der Waals surface area contributed by atoms with Crippen molar-refractivity contribution in [2.24, 2.45) is 5.92 Å². The van der Waals surface area contributed by atoms with Gasteiger partial charge in [0.2, 0.25) is 10.0 Å². The van der Waals surface area contributed by atoms with E-state index in [2.05, 4.69) is 17.6 Å². The summed E-state index contributed by atoms with van der Waals surface area (Å²) in [6, 6.07) is 6.97. The topological polar surface area (TPSA) is 78.5 Å². The number of rotatable bonds is 3. The van der Waals surface area contributed by atoms with Crippen molar-refractivity contribution in [3.63, 3.8) is 0 Å². The molecule has 2 unspecified atom stereocenters. The number of nitrogens with one attached hydrogen (secondary N) is 2. The van der Waals surface area contributed by atoms with E-state index in [9.17, 15) is 13.2 Å². The smallest absolute Gasteiger partial charge is 0.251 e. The van der Waals surface area contributed by atoms with Gasteiger partial charge < -0.3 is 10.6 Å². The van der Waals surface area contributed by atoms with Crippen LogP contribution in [0.2, 0.25) is 0 Å². The predicted octanol–water partition coefficient (Wildman–Crippen LogP) is 1.38. The second kappa shape index (κ2) is 7.72. The summed E-state index contributed by atoms with van der Waals surface area (Å²) in [5, 5.41) is 6.34. The second-order valence-electron chi connectivity index (χ2n) is 6.34. The van der Waals surface area contributed by atoms with Gasteiger partial charge in [0.15, 0.2) is 0 Å². The van der Waals surface area contributed by atoms with Crippen molar-refractivity contribution in [3.05, 3.63) is 29.8 Å². The molecule has 1 aromatic rings. The average Bonchev–Trinajstić information content (AvgIpc) is 2.89. The highest BCUT2D eigenvalue weighted by Crippen LogP contribution is 2.25. The summed E-state index contributed by atoms with van der Waals surface area (Å²) < 4.78 is 25.4. The van der Waals surface area contributed by atoms with Crippen LogP contribution in [0.25, 0.3) is 0 Å². The van der Waals surface area contributed by atoms with Crippen LogP contribution in [0.1, 0.15) is 30.1 Å². The Bertz CT molecular complexity index is 696. The first-order valence-electron chi connectivity index (χ1n) is 8.09. The molecule has 3 rings (SSSR count). The Morgan fingerprint density at radius 3 is 2.83 bits per heavy atom. The van der Waals surface area contributed by atoms with Gasteiger partial charge >= 0.3 is 0 Å².